The van der Waals surface area contributed by atoms with Gasteiger partial charge in [-0.15, -0.1) is 11.3 Å². The molecule has 0 unspecified atom stereocenters. The van der Waals surface area contributed by atoms with Gasteiger partial charge < -0.3 is 4.74 Å². The Morgan fingerprint density at radius 3 is 2.67 bits per heavy atom. The number of anilines is 1. The van der Waals surface area contributed by atoms with Gasteiger partial charge in [0, 0.05) is 41.7 Å². The molecule has 10 heteroatoms. The van der Waals surface area contributed by atoms with Crippen LogP contribution in [0.15, 0.2) is 52.9 Å². The molecule has 0 radical (unpaired) electrons. The van der Waals surface area contributed by atoms with Crippen LogP contribution in [0.4, 0.5) is 13.9 Å². The van der Waals surface area contributed by atoms with E-state index in [9.17, 15) is 12.8 Å². The number of hydrogen-bond acceptors (Lipinski definition) is 6. The summed E-state index contributed by atoms with van der Waals surface area (Å²) in [6, 6.07) is 9.04. The highest BCUT2D eigenvalue weighted by Crippen LogP contribution is 2.44. The fourth-order valence-corrected chi connectivity index (χ4v) is 6.60. The van der Waals surface area contributed by atoms with Crippen LogP contribution in [-0.4, -0.2) is 31.5 Å². The molecule has 1 saturated heterocycles. The average molecular weight is 492 g/mol. The van der Waals surface area contributed by atoms with Gasteiger partial charge >= 0.3 is 0 Å². The molecule has 2 atom stereocenters. The summed E-state index contributed by atoms with van der Waals surface area (Å²) in [4.78, 5) is 5.76. The van der Waals surface area contributed by atoms with E-state index in [2.05, 4.69) is 14.6 Å². The third kappa shape index (κ3) is 4.47. The normalized spacial score (nSPS) is 21.3. The lowest BCUT2D eigenvalue weighted by Gasteiger charge is -2.43. The maximum absolute atomic E-state index is 15.2. The minimum absolute atomic E-state index is 0.0772. The van der Waals surface area contributed by atoms with E-state index in [0.717, 1.165) is 42.7 Å². The van der Waals surface area contributed by atoms with Gasteiger partial charge in [0.25, 0.3) is 10.0 Å². The van der Waals surface area contributed by atoms with Crippen molar-refractivity contribution in [2.75, 3.05) is 17.9 Å². The second-order valence-electron chi connectivity index (χ2n) is 8.22. The number of hydrogen-bond donors (Lipinski definition) is 1. The maximum Gasteiger partial charge on any atom is 0.266 e. The molecule has 1 fully saturated rings. The summed E-state index contributed by atoms with van der Waals surface area (Å²) in [5, 5.41) is 1.80. The number of halogens is 2. The third-order valence-corrected chi connectivity index (χ3v) is 8.39. The standard InChI is InChI=1S/C23H23F2N3O3S2/c24-16-6-4-15(5-7-16)19-3-1-2-10-28(19)20-8-11-31-21-14-22(18(25)13-17(20)21)33(29,30)27-23-26-9-12-32-23/h4-7,9,12-14,19-20H,1-3,8,10-11H2,(H,26,27)/t19-,20-/m0/s1. The van der Waals surface area contributed by atoms with Crippen molar-refractivity contribution in [2.24, 2.45) is 0 Å². The molecular formula is C23H23F2N3O3S2. The number of likely N-dealkylation sites (tertiary alicyclic amines) is 1. The molecule has 1 aromatic heterocycles. The second-order valence-corrected chi connectivity index (χ2v) is 10.8. The fourth-order valence-electron chi connectivity index (χ4n) is 4.74. The first kappa shape index (κ1) is 22.2. The van der Waals surface area contributed by atoms with E-state index in [-0.39, 0.29) is 23.0 Å². The molecular weight excluding hydrogens is 468 g/mol. The number of aromatic nitrogens is 1. The van der Waals surface area contributed by atoms with Crippen molar-refractivity contribution < 1.29 is 21.9 Å². The van der Waals surface area contributed by atoms with Gasteiger partial charge in [0.05, 0.1) is 6.61 Å². The number of nitrogens with one attached hydrogen (secondary N) is 1. The minimum atomic E-state index is -4.15. The van der Waals surface area contributed by atoms with Crippen LogP contribution in [-0.2, 0) is 10.0 Å². The summed E-state index contributed by atoms with van der Waals surface area (Å²) in [5.74, 6) is -0.737. The number of fused-ring (bicyclic) bond motifs is 1. The minimum Gasteiger partial charge on any atom is -0.493 e. The molecule has 33 heavy (non-hydrogen) atoms. The predicted molar refractivity (Wildman–Crippen MR) is 122 cm³/mol. The van der Waals surface area contributed by atoms with Crippen molar-refractivity contribution in [1.82, 2.24) is 9.88 Å². The molecule has 0 aliphatic carbocycles. The van der Waals surface area contributed by atoms with Gasteiger partial charge in [-0.1, -0.05) is 18.6 Å². The van der Waals surface area contributed by atoms with E-state index in [0.29, 0.717) is 24.3 Å². The highest BCUT2D eigenvalue weighted by atomic mass is 32.2. The van der Waals surface area contributed by atoms with Crippen LogP contribution in [0.1, 0.15) is 48.9 Å². The SMILES string of the molecule is O=S(=O)(Nc1nccs1)c1cc2c(cc1F)[C@@H](N1CCCC[C@H]1c1ccc(F)cc1)CCO2. The van der Waals surface area contributed by atoms with Crippen LogP contribution < -0.4 is 9.46 Å². The van der Waals surface area contributed by atoms with Crippen LogP contribution in [0.25, 0.3) is 0 Å². The highest BCUT2D eigenvalue weighted by molar-refractivity contribution is 7.93. The second kappa shape index (κ2) is 9.00. The van der Waals surface area contributed by atoms with Crippen LogP contribution in [0, 0.1) is 11.6 Å². The van der Waals surface area contributed by atoms with Gasteiger partial charge in [-0.2, -0.15) is 0 Å². The fraction of sp³-hybridized carbons (Fsp3) is 0.348. The number of piperidine rings is 1. The molecule has 0 bridgehead atoms. The average Bonchev–Trinajstić information content (AvgIpc) is 3.31. The first-order valence-electron chi connectivity index (χ1n) is 10.8. The molecule has 3 heterocycles. The summed E-state index contributed by atoms with van der Waals surface area (Å²) in [6.45, 7) is 1.22. The summed E-state index contributed by atoms with van der Waals surface area (Å²) < 4.78 is 62.3. The molecule has 2 aromatic carbocycles. The molecule has 0 amide bonds. The molecule has 0 spiro atoms. The largest absolute Gasteiger partial charge is 0.493 e. The van der Waals surface area contributed by atoms with Crippen molar-refractivity contribution in [3.8, 4) is 5.75 Å². The number of nitrogens with zero attached hydrogens (tertiary/aromatic N) is 2. The van der Waals surface area contributed by atoms with Crippen LogP contribution in [0.5, 0.6) is 5.75 Å². The Labute approximate surface area is 195 Å². The van der Waals surface area contributed by atoms with E-state index in [1.807, 2.05) is 0 Å². The van der Waals surface area contributed by atoms with Crippen molar-refractivity contribution >= 4 is 26.5 Å². The van der Waals surface area contributed by atoms with E-state index in [1.165, 1.54) is 30.5 Å². The Bertz CT molecular complexity index is 1230. The zero-order valence-corrected chi connectivity index (χ0v) is 19.3. The summed E-state index contributed by atoms with van der Waals surface area (Å²) in [6.07, 6.45) is 5.12. The van der Waals surface area contributed by atoms with Gasteiger partial charge in [0.15, 0.2) is 5.13 Å². The number of rotatable bonds is 5. The lowest BCUT2D eigenvalue weighted by atomic mass is 9.89. The van der Waals surface area contributed by atoms with Crippen molar-refractivity contribution in [3.63, 3.8) is 0 Å². The maximum atomic E-state index is 15.2. The van der Waals surface area contributed by atoms with Gasteiger partial charge in [-0.25, -0.2) is 22.2 Å². The highest BCUT2D eigenvalue weighted by Gasteiger charge is 2.36. The van der Waals surface area contributed by atoms with E-state index < -0.39 is 20.7 Å². The Balaban J connectivity index is 1.48. The van der Waals surface area contributed by atoms with E-state index in [1.54, 1.807) is 17.5 Å². The molecule has 3 aromatic rings. The molecule has 0 saturated carbocycles. The number of ether oxygens (including phenoxy) is 1. The molecule has 1 N–H and O–H groups in total. The third-order valence-electron chi connectivity index (χ3n) is 6.21. The van der Waals surface area contributed by atoms with Crippen LogP contribution in [0.3, 0.4) is 0 Å². The summed E-state index contributed by atoms with van der Waals surface area (Å²) >= 11 is 1.11. The molecule has 174 valence electrons. The lowest BCUT2D eigenvalue weighted by molar-refractivity contribution is 0.0665. The van der Waals surface area contributed by atoms with Crippen LogP contribution in [0.2, 0.25) is 0 Å². The van der Waals surface area contributed by atoms with Gasteiger partial charge in [-0.3, -0.25) is 9.62 Å². The Morgan fingerprint density at radius 2 is 1.91 bits per heavy atom. The first-order valence-corrected chi connectivity index (χ1v) is 13.2. The van der Waals surface area contributed by atoms with Gasteiger partial charge in [0.1, 0.15) is 22.3 Å². The van der Waals surface area contributed by atoms with Crippen molar-refractivity contribution in [1.29, 1.82) is 0 Å². The molecule has 2 aliphatic rings. The van der Waals surface area contributed by atoms with Gasteiger partial charge in [-0.05, 0) is 43.1 Å². The molecule has 6 nitrogen and oxygen atoms in total. The quantitative estimate of drug-likeness (QED) is 0.526. The topological polar surface area (TPSA) is 71.5 Å². The van der Waals surface area contributed by atoms with Crippen molar-refractivity contribution in [2.45, 2.75) is 42.7 Å². The van der Waals surface area contributed by atoms with E-state index >= 15 is 4.39 Å². The smallest absolute Gasteiger partial charge is 0.266 e. The van der Waals surface area contributed by atoms with Crippen molar-refractivity contribution in [3.05, 3.63) is 70.7 Å². The molecule has 2 aliphatic heterocycles. The summed E-state index contributed by atoms with van der Waals surface area (Å²) in [7, 11) is -4.15. The predicted octanol–water partition coefficient (Wildman–Crippen LogP) is 5.27. The molecule has 5 rings (SSSR count). The Hall–Kier alpha value is -2.56. The van der Waals surface area contributed by atoms with E-state index in [4.69, 9.17) is 4.74 Å². The van der Waals surface area contributed by atoms with Gasteiger partial charge in [0.2, 0.25) is 0 Å². The number of sulfonamides is 1. The Morgan fingerprint density at radius 1 is 1.09 bits per heavy atom. The zero-order valence-electron chi connectivity index (χ0n) is 17.7. The zero-order chi connectivity index (χ0) is 23.0. The lowest BCUT2D eigenvalue weighted by Crippen LogP contribution is -2.39. The van der Waals surface area contributed by atoms with Crippen LogP contribution >= 0.6 is 11.3 Å². The first-order chi connectivity index (χ1) is 15.9. The number of thiazole rings is 1. The monoisotopic (exact) mass is 491 g/mol. The Kier molecular flexibility index (Phi) is 6.07. The summed E-state index contributed by atoms with van der Waals surface area (Å²) in [5.41, 5.74) is 1.66. The number of benzene rings is 2.